The van der Waals surface area contributed by atoms with Crippen LogP contribution in [0, 0.1) is 13.8 Å². The third-order valence-corrected chi connectivity index (χ3v) is 4.42. The Balaban J connectivity index is 1.60. The number of aliphatic hydroxyl groups excluding tert-OH is 1. The van der Waals surface area contributed by atoms with Crippen molar-refractivity contribution in [2.75, 3.05) is 6.61 Å². The van der Waals surface area contributed by atoms with Crippen LogP contribution in [0.1, 0.15) is 23.0 Å². The standard InChI is InChI=1S/C19H21N7O/c1-13-12-20-14(2)19-21-16(23-26(13)19)8-9-17-22-18(24-25(17)10-11-27)15-6-4-3-5-7-15/h3-7,12,27H,8-11H2,1-2H3. The molecule has 3 aromatic heterocycles. The molecule has 0 unspecified atom stereocenters. The van der Waals surface area contributed by atoms with Crippen LogP contribution in [0.5, 0.6) is 0 Å². The van der Waals surface area contributed by atoms with Crippen LogP contribution in [0.4, 0.5) is 0 Å². The van der Waals surface area contributed by atoms with E-state index in [0.29, 0.717) is 25.2 Å². The molecule has 27 heavy (non-hydrogen) atoms. The Morgan fingerprint density at radius 1 is 1.00 bits per heavy atom. The van der Waals surface area contributed by atoms with Gasteiger partial charge in [-0.05, 0) is 13.8 Å². The van der Waals surface area contributed by atoms with Crippen LogP contribution in [-0.4, -0.2) is 46.1 Å². The van der Waals surface area contributed by atoms with Gasteiger partial charge in [0.2, 0.25) is 0 Å². The van der Waals surface area contributed by atoms with Gasteiger partial charge in [0.1, 0.15) is 5.82 Å². The van der Waals surface area contributed by atoms with Crippen molar-refractivity contribution < 1.29 is 5.11 Å². The first kappa shape index (κ1) is 17.3. The van der Waals surface area contributed by atoms with E-state index in [-0.39, 0.29) is 6.61 Å². The molecule has 4 rings (SSSR count). The molecule has 1 aromatic carbocycles. The summed E-state index contributed by atoms with van der Waals surface area (Å²) in [6.07, 6.45) is 3.08. The van der Waals surface area contributed by atoms with Crippen LogP contribution in [0.25, 0.3) is 17.0 Å². The van der Waals surface area contributed by atoms with Crippen LogP contribution in [0.3, 0.4) is 0 Å². The highest BCUT2D eigenvalue weighted by atomic mass is 16.3. The van der Waals surface area contributed by atoms with E-state index >= 15 is 0 Å². The molecule has 8 nitrogen and oxygen atoms in total. The molecule has 0 amide bonds. The van der Waals surface area contributed by atoms with Crippen molar-refractivity contribution in [1.29, 1.82) is 0 Å². The summed E-state index contributed by atoms with van der Waals surface area (Å²) in [6, 6.07) is 9.83. The van der Waals surface area contributed by atoms with Crippen molar-refractivity contribution in [3.8, 4) is 11.4 Å². The van der Waals surface area contributed by atoms with E-state index in [1.807, 2.05) is 48.7 Å². The van der Waals surface area contributed by atoms with Gasteiger partial charge in [-0.15, -0.1) is 0 Å². The minimum atomic E-state index is 0.0151. The van der Waals surface area contributed by atoms with Crippen molar-refractivity contribution in [2.45, 2.75) is 33.2 Å². The van der Waals surface area contributed by atoms with Gasteiger partial charge in [-0.1, -0.05) is 30.3 Å². The lowest BCUT2D eigenvalue weighted by molar-refractivity contribution is 0.267. The smallest absolute Gasteiger partial charge is 0.181 e. The molecule has 0 aliphatic rings. The molecule has 0 spiro atoms. The maximum Gasteiger partial charge on any atom is 0.181 e. The highest BCUT2D eigenvalue weighted by molar-refractivity contribution is 5.54. The Hall–Kier alpha value is -3.13. The number of aryl methyl sites for hydroxylation is 4. The summed E-state index contributed by atoms with van der Waals surface area (Å²) in [5.74, 6) is 2.22. The van der Waals surface area contributed by atoms with Gasteiger partial charge in [-0.3, -0.25) is 4.98 Å². The van der Waals surface area contributed by atoms with Crippen molar-refractivity contribution in [1.82, 2.24) is 34.3 Å². The molecule has 138 valence electrons. The molecular formula is C19H21N7O. The highest BCUT2D eigenvalue weighted by Gasteiger charge is 2.14. The second-order valence-corrected chi connectivity index (χ2v) is 6.41. The van der Waals surface area contributed by atoms with Crippen LogP contribution >= 0.6 is 0 Å². The molecule has 4 aromatic rings. The summed E-state index contributed by atoms with van der Waals surface area (Å²) in [7, 11) is 0. The Morgan fingerprint density at radius 2 is 1.81 bits per heavy atom. The quantitative estimate of drug-likeness (QED) is 0.561. The summed E-state index contributed by atoms with van der Waals surface area (Å²) in [6.45, 7) is 4.32. The first-order valence-corrected chi connectivity index (χ1v) is 8.93. The first-order chi connectivity index (χ1) is 13.2. The lowest BCUT2D eigenvalue weighted by Gasteiger charge is -2.01. The van der Waals surface area contributed by atoms with Gasteiger partial charge in [0.05, 0.1) is 24.5 Å². The molecule has 0 atom stereocenters. The van der Waals surface area contributed by atoms with Crippen molar-refractivity contribution >= 4 is 5.65 Å². The first-order valence-electron chi connectivity index (χ1n) is 8.93. The predicted octanol–water partition coefficient (Wildman–Crippen LogP) is 1.78. The van der Waals surface area contributed by atoms with Crippen molar-refractivity contribution in [3.05, 3.63) is 59.6 Å². The third kappa shape index (κ3) is 3.43. The van der Waals surface area contributed by atoms with Gasteiger partial charge >= 0.3 is 0 Å². The third-order valence-electron chi connectivity index (χ3n) is 4.42. The number of hydrogen-bond donors (Lipinski definition) is 1. The number of aromatic nitrogens is 7. The second kappa shape index (κ2) is 7.24. The van der Waals surface area contributed by atoms with Crippen molar-refractivity contribution in [2.24, 2.45) is 0 Å². The highest BCUT2D eigenvalue weighted by Crippen LogP contribution is 2.16. The summed E-state index contributed by atoms with van der Waals surface area (Å²) < 4.78 is 3.59. The average molecular weight is 363 g/mol. The molecule has 8 heteroatoms. The predicted molar refractivity (Wildman–Crippen MR) is 100 cm³/mol. The number of benzene rings is 1. The van der Waals surface area contributed by atoms with Gasteiger partial charge in [-0.25, -0.2) is 19.2 Å². The second-order valence-electron chi connectivity index (χ2n) is 6.41. The molecule has 0 radical (unpaired) electrons. The van der Waals surface area contributed by atoms with E-state index in [2.05, 4.69) is 25.1 Å². The zero-order valence-electron chi connectivity index (χ0n) is 15.4. The number of aliphatic hydroxyl groups is 1. The Kier molecular flexibility index (Phi) is 4.64. The van der Waals surface area contributed by atoms with E-state index in [1.165, 1.54) is 0 Å². The van der Waals surface area contributed by atoms with Gasteiger partial charge in [0.15, 0.2) is 17.3 Å². The van der Waals surface area contributed by atoms with Crippen molar-refractivity contribution in [3.63, 3.8) is 0 Å². The minimum Gasteiger partial charge on any atom is -0.394 e. The molecule has 0 saturated heterocycles. The molecular weight excluding hydrogens is 342 g/mol. The van der Waals surface area contributed by atoms with E-state index < -0.39 is 0 Å². The monoisotopic (exact) mass is 363 g/mol. The molecule has 0 fully saturated rings. The van der Waals surface area contributed by atoms with Gasteiger partial charge in [0.25, 0.3) is 0 Å². The maximum atomic E-state index is 9.34. The maximum absolute atomic E-state index is 9.34. The van der Waals surface area contributed by atoms with Gasteiger partial charge < -0.3 is 5.11 Å². The fraction of sp³-hybridized carbons (Fsp3) is 0.316. The largest absolute Gasteiger partial charge is 0.394 e. The fourth-order valence-corrected chi connectivity index (χ4v) is 3.01. The van der Waals surface area contributed by atoms with E-state index in [9.17, 15) is 5.11 Å². The Morgan fingerprint density at radius 3 is 2.56 bits per heavy atom. The van der Waals surface area contributed by atoms with E-state index in [0.717, 1.165) is 34.2 Å². The van der Waals surface area contributed by atoms with E-state index in [4.69, 9.17) is 0 Å². The number of nitrogens with zero attached hydrogens (tertiary/aromatic N) is 7. The van der Waals surface area contributed by atoms with Crippen LogP contribution in [-0.2, 0) is 19.4 Å². The summed E-state index contributed by atoms with van der Waals surface area (Å²) in [5, 5.41) is 18.5. The summed E-state index contributed by atoms with van der Waals surface area (Å²) in [5.41, 5.74) is 3.55. The lowest BCUT2D eigenvalue weighted by Crippen LogP contribution is -2.10. The lowest BCUT2D eigenvalue weighted by atomic mass is 10.2. The number of hydrogen-bond acceptors (Lipinski definition) is 6. The topological polar surface area (TPSA) is 94.0 Å². The number of fused-ring (bicyclic) bond motifs is 1. The summed E-state index contributed by atoms with van der Waals surface area (Å²) >= 11 is 0. The SMILES string of the molecule is Cc1ncc(C)n2nc(CCc3nc(-c4ccccc4)nn3CCO)nc12. The summed E-state index contributed by atoms with van der Waals surface area (Å²) in [4.78, 5) is 13.6. The molecule has 0 aliphatic carbocycles. The number of rotatable bonds is 6. The molecule has 1 N–H and O–H groups in total. The average Bonchev–Trinajstić information content (AvgIpc) is 3.29. The normalized spacial score (nSPS) is 11.4. The molecule has 0 saturated carbocycles. The minimum absolute atomic E-state index is 0.0151. The fourth-order valence-electron chi connectivity index (χ4n) is 3.01. The Labute approximate surface area is 156 Å². The molecule has 3 heterocycles. The van der Waals surface area contributed by atoms with E-state index in [1.54, 1.807) is 10.9 Å². The van der Waals surface area contributed by atoms with Gasteiger partial charge in [-0.2, -0.15) is 10.2 Å². The van der Waals surface area contributed by atoms with Crippen LogP contribution < -0.4 is 0 Å². The zero-order valence-corrected chi connectivity index (χ0v) is 15.4. The zero-order chi connectivity index (χ0) is 18.8. The van der Waals surface area contributed by atoms with Gasteiger partial charge in [0, 0.05) is 24.6 Å². The van der Waals surface area contributed by atoms with Crippen LogP contribution in [0.2, 0.25) is 0 Å². The molecule has 0 aliphatic heterocycles. The van der Waals surface area contributed by atoms with Crippen LogP contribution in [0.15, 0.2) is 36.5 Å². The molecule has 0 bridgehead atoms. The Bertz CT molecular complexity index is 1030.